The van der Waals surface area contributed by atoms with Gasteiger partial charge in [-0.1, -0.05) is 0 Å². The second-order valence-electron chi connectivity index (χ2n) is 8.89. The van der Waals surface area contributed by atoms with E-state index in [0.29, 0.717) is 29.9 Å². The Balaban J connectivity index is 1.74. The molecule has 1 aliphatic rings. The van der Waals surface area contributed by atoms with Crippen LogP contribution in [0.1, 0.15) is 31.2 Å². The maximum atomic E-state index is 13.7. The molecular formula is C23H27F5N6O3. The Morgan fingerprint density at radius 2 is 1.70 bits per heavy atom. The van der Waals surface area contributed by atoms with Gasteiger partial charge in [-0.15, -0.1) is 5.06 Å². The SMILES string of the molecule is Cc1cnc(NC2CCC(N(OC(=O)C(F)(F)F)C(=O)N(C)c3ccc(F)c(F)c3)CC2)nc1N(C)C. The maximum absolute atomic E-state index is 13.7. The number of alkyl halides is 3. The third kappa shape index (κ3) is 6.74. The topological polar surface area (TPSA) is 90.9 Å². The minimum absolute atomic E-state index is 0.138. The summed E-state index contributed by atoms with van der Waals surface area (Å²) in [5.41, 5.74) is 0.741. The van der Waals surface area contributed by atoms with Gasteiger partial charge in [-0.25, -0.2) is 23.4 Å². The molecule has 1 heterocycles. The number of carbonyl (C=O) groups excluding carboxylic acids is 2. The Morgan fingerprint density at radius 3 is 2.27 bits per heavy atom. The number of carbonyl (C=O) groups is 2. The smallest absolute Gasteiger partial charge is 0.362 e. The lowest BCUT2D eigenvalue weighted by atomic mass is 9.91. The average molecular weight is 530 g/mol. The summed E-state index contributed by atoms with van der Waals surface area (Å²) in [6.07, 6.45) is -2.49. The van der Waals surface area contributed by atoms with E-state index in [-0.39, 0.29) is 24.6 Å². The molecule has 202 valence electrons. The largest absolute Gasteiger partial charge is 0.493 e. The molecule has 2 aromatic rings. The number of halogens is 5. The summed E-state index contributed by atoms with van der Waals surface area (Å²) in [4.78, 5) is 40.5. The van der Waals surface area contributed by atoms with Crippen LogP contribution in [0, 0.1) is 18.6 Å². The van der Waals surface area contributed by atoms with Gasteiger partial charge in [0.05, 0.1) is 6.04 Å². The van der Waals surface area contributed by atoms with E-state index in [4.69, 9.17) is 0 Å². The molecule has 9 nitrogen and oxygen atoms in total. The van der Waals surface area contributed by atoms with Crippen molar-refractivity contribution in [2.75, 3.05) is 36.3 Å². The summed E-state index contributed by atoms with van der Waals surface area (Å²) >= 11 is 0. The van der Waals surface area contributed by atoms with Gasteiger partial charge >= 0.3 is 18.2 Å². The summed E-state index contributed by atoms with van der Waals surface area (Å²) in [5, 5.41) is 3.55. The summed E-state index contributed by atoms with van der Waals surface area (Å²) in [5.74, 6) is -3.87. The number of hydroxylamine groups is 2. The standard InChI is InChI=1S/C23H27F5N6O3/c1-13-12-29-21(31-19(13)32(2)3)30-14-5-7-15(8-6-14)34(37-20(35)23(26,27)28)22(36)33(4)16-9-10-17(24)18(25)11-16/h9-12,14-15H,5-8H2,1-4H3,(H,29,30,31). The maximum Gasteiger partial charge on any atom is 0.493 e. The highest BCUT2D eigenvalue weighted by Crippen LogP contribution is 2.29. The summed E-state index contributed by atoms with van der Waals surface area (Å²) in [6, 6.07) is 0.379. The van der Waals surface area contributed by atoms with Gasteiger partial charge in [0.15, 0.2) is 11.6 Å². The van der Waals surface area contributed by atoms with Crippen molar-refractivity contribution in [1.29, 1.82) is 0 Å². The molecular weight excluding hydrogens is 503 g/mol. The molecule has 1 aliphatic carbocycles. The van der Waals surface area contributed by atoms with Crippen LogP contribution in [0.25, 0.3) is 0 Å². The van der Waals surface area contributed by atoms with Crippen molar-refractivity contribution in [3.63, 3.8) is 0 Å². The van der Waals surface area contributed by atoms with E-state index in [9.17, 15) is 31.5 Å². The fraction of sp³-hybridized carbons (Fsp3) is 0.478. The molecule has 0 saturated heterocycles. The molecule has 1 saturated carbocycles. The predicted octanol–water partition coefficient (Wildman–Crippen LogP) is 4.43. The second kappa shape index (κ2) is 11.1. The van der Waals surface area contributed by atoms with Crippen molar-refractivity contribution >= 4 is 29.5 Å². The third-order valence-electron chi connectivity index (χ3n) is 5.91. The molecule has 2 amide bonds. The van der Waals surface area contributed by atoms with Crippen LogP contribution in [-0.4, -0.2) is 66.4 Å². The fourth-order valence-electron chi connectivity index (χ4n) is 3.96. The minimum Gasteiger partial charge on any atom is -0.362 e. The molecule has 37 heavy (non-hydrogen) atoms. The highest BCUT2D eigenvalue weighted by atomic mass is 19.4. The van der Waals surface area contributed by atoms with Crippen LogP contribution in [0.4, 0.5) is 44.2 Å². The molecule has 3 rings (SSSR count). The molecule has 1 fully saturated rings. The van der Waals surface area contributed by atoms with Crippen molar-refractivity contribution in [1.82, 2.24) is 15.0 Å². The molecule has 0 aliphatic heterocycles. The number of anilines is 3. The first kappa shape index (κ1) is 27.9. The Morgan fingerprint density at radius 1 is 1.05 bits per heavy atom. The molecule has 1 aromatic heterocycles. The van der Waals surface area contributed by atoms with Crippen molar-refractivity contribution in [3.05, 3.63) is 41.6 Å². The monoisotopic (exact) mass is 530 g/mol. The zero-order chi connectivity index (χ0) is 27.5. The number of urea groups is 1. The van der Waals surface area contributed by atoms with E-state index in [0.717, 1.165) is 35.5 Å². The highest BCUT2D eigenvalue weighted by molar-refractivity contribution is 5.92. The Labute approximate surface area is 210 Å². The first-order valence-electron chi connectivity index (χ1n) is 11.4. The number of nitrogens with one attached hydrogen (secondary N) is 1. The van der Waals surface area contributed by atoms with Gasteiger partial charge < -0.3 is 15.1 Å². The van der Waals surface area contributed by atoms with Crippen LogP contribution < -0.4 is 15.1 Å². The number of aryl methyl sites for hydroxylation is 1. The molecule has 1 aromatic carbocycles. The van der Waals surface area contributed by atoms with Gasteiger partial charge in [0, 0.05) is 50.7 Å². The number of aromatic nitrogens is 2. The van der Waals surface area contributed by atoms with Crippen LogP contribution in [-0.2, 0) is 9.63 Å². The first-order valence-corrected chi connectivity index (χ1v) is 11.4. The van der Waals surface area contributed by atoms with Gasteiger partial charge in [0.2, 0.25) is 5.95 Å². The van der Waals surface area contributed by atoms with Crippen LogP contribution in [0.5, 0.6) is 0 Å². The van der Waals surface area contributed by atoms with E-state index in [1.54, 1.807) is 6.20 Å². The second-order valence-corrected chi connectivity index (χ2v) is 8.89. The van der Waals surface area contributed by atoms with E-state index in [2.05, 4.69) is 20.1 Å². The van der Waals surface area contributed by atoms with Crippen LogP contribution in [0.2, 0.25) is 0 Å². The molecule has 0 unspecified atom stereocenters. The zero-order valence-corrected chi connectivity index (χ0v) is 20.6. The molecule has 1 N–H and O–H groups in total. The van der Waals surface area contributed by atoms with E-state index >= 15 is 0 Å². The van der Waals surface area contributed by atoms with Gasteiger partial charge in [-0.05, 0) is 44.7 Å². The first-order chi connectivity index (χ1) is 17.3. The summed E-state index contributed by atoms with van der Waals surface area (Å²) in [6.45, 7) is 1.87. The third-order valence-corrected chi connectivity index (χ3v) is 5.91. The van der Waals surface area contributed by atoms with Crippen molar-refractivity contribution in [2.45, 2.75) is 50.9 Å². The number of hydrogen-bond acceptors (Lipinski definition) is 7. The highest BCUT2D eigenvalue weighted by Gasteiger charge is 2.45. The lowest BCUT2D eigenvalue weighted by molar-refractivity contribution is -0.234. The van der Waals surface area contributed by atoms with Crippen LogP contribution in [0.3, 0.4) is 0 Å². The van der Waals surface area contributed by atoms with E-state index < -0.39 is 35.9 Å². The normalized spacial score (nSPS) is 17.6. The van der Waals surface area contributed by atoms with Gasteiger partial charge in [0.1, 0.15) is 5.82 Å². The molecule has 14 heteroatoms. The number of rotatable bonds is 5. The Kier molecular flexibility index (Phi) is 8.39. The average Bonchev–Trinajstić information content (AvgIpc) is 2.84. The zero-order valence-electron chi connectivity index (χ0n) is 20.6. The molecule has 0 spiro atoms. The minimum atomic E-state index is -5.34. The Hall–Kier alpha value is -3.71. The van der Waals surface area contributed by atoms with Crippen molar-refractivity contribution in [3.8, 4) is 0 Å². The van der Waals surface area contributed by atoms with Crippen molar-refractivity contribution < 1.29 is 36.4 Å². The number of nitrogens with zero attached hydrogens (tertiary/aromatic N) is 5. The van der Waals surface area contributed by atoms with Gasteiger partial charge in [-0.2, -0.15) is 18.2 Å². The van der Waals surface area contributed by atoms with E-state index in [1.165, 1.54) is 0 Å². The quantitative estimate of drug-likeness (QED) is 0.452. The van der Waals surface area contributed by atoms with Crippen LogP contribution >= 0.6 is 0 Å². The summed E-state index contributed by atoms with van der Waals surface area (Å²) in [7, 11) is 4.83. The molecule has 0 bridgehead atoms. The summed E-state index contributed by atoms with van der Waals surface area (Å²) < 4.78 is 65.8. The molecule has 0 atom stereocenters. The van der Waals surface area contributed by atoms with Crippen molar-refractivity contribution in [2.24, 2.45) is 0 Å². The van der Waals surface area contributed by atoms with Gasteiger partial charge in [0.25, 0.3) is 0 Å². The lowest BCUT2D eigenvalue weighted by Crippen LogP contribution is -2.51. The lowest BCUT2D eigenvalue weighted by Gasteiger charge is -2.37. The van der Waals surface area contributed by atoms with Crippen LogP contribution in [0.15, 0.2) is 24.4 Å². The molecule has 0 radical (unpaired) electrons. The number of amides is 2. The Bertz CT molecular complexity index is 1140. The van der Waals surface area contributed by atoms with Gasteiger partial charge in [-0.3, -0.25) is 4.90 Å². The number of benzene rings is 1. The fourth-order valence-corrected chi connectivity index (χ4v) is 3.96. The van der Waals surface area contributed by atoms with E-state index in [1.807, 2.05) is 25.9 Å². The number of hydrogen-bond donors (Lipinski definition) is 1. The predicted molar refractivity (Wildman–Crippen MR) is 125 cm³/mol.